The summed E-state index contributed by atoms with van der Waals surface area (Å²) >= 11 is 0. The minimum absolute atomic E-state index is 0.520. The molecule has 0 bridgehead atoms. The van der Waals surface area contributed by atoms with Gasteiger partial charge < -0.3 is 0 Å². The number of hydrogen-bond acceptors (Lipinski definition) is 0. The second-order valence-corrected chi connectivity index (χ2v) is 10.2. The Hall–Kier alpha value is 0.860. The standard InChI is InChI=1S/C12H24P2/c1-3-7-13(8-4-1)11-12-14-9-5-2-6-10-14/h1-12H2. The SMILES string of the molecule is C1CCP(CCP2CCCCC2)CC1. The average molecular weight is 230 g/mol. The monoisotopic (exact) mass is 230 g/mol. The highest BCUT2D eigenvalue weighted by Crippen LogP contribution is 2.48. The minimum Gasteiger partial charge on any atom is -0.106 e. The van der Waals surface area contributed by atoms with Gasteiger partial charge in [-0.3, -0.25) is 0 Å². The summed E-state index contributed by atoms with van der Waals surface area (Å²) in [6.45, 7) is 0. The van der Waals surface area contributed by atoms with Crippen LogP contribution < -0.4 is 0 Å². The first kappa shape index (κ1) is 11.3. The molecule has 0 nitrogen and oxygen atoms in total. The summed E-state index contributed by atoms with van der Waals surface area (Å²) < 4.78 is 0. The molecule has 0 amide bonds. The van der Waals surface area contributed by atoms with Crippen LogP contribution in [0.3, 0.4) is 0 Å². The van der Waals surface area contributed by atoms with Crippen molar-refractivity contribution < 1.29 is 0 Å². The average Bonchev–Trinajstić information content (AvgIpc) is 2.29. The van der Waals surface area contributed by atoms with E-state index in [1.165, 1.54) is 12.8 Å². The summed E-state index contributed by atoms with van der Waals surface area (Å²) in [5, 5.41) is 0. The fourth-order valence-corrected chi connectivity index (χ4v) is 8.94. The molecule has 2 aliphatic rings. The van der Waals surface area contributed by atoms with Gasteiger partial charge in [0.2, 0.25) is 0 Å². The lowest BCUT2D eigenvalue weighted by Crippen LogP contribution is -2.08. The van der Waals surface area contributed by atoms with Gasteiger partial charge in [0.25, 0.3) is 0 Å². The molecule has 0 spiro atoms. The third-order valence-electron chi connectivity index (χ3n) is 3.63. The summed E-state index contributed by atoms with van der Waals surface area (Å²) in [7, 11) is 1.04. The molecule has 0 aromatic heterocycles. The van der Waals surface area contributed by atoms with E-state index in [0.717, 1.165) is 0 Å². The van der Waals surface area contributed by atoms with Crippen molar-refractivity contribution in [3.8, 4) is 0 Å². The Morgan fingerprint density at radius 3 is 1.21 bits per heavy atom. The normalized spacial score (nSPS) is 26.6. The molecule has 0 saturated carbocycles. The zero-order valence-corrected chi connectivity index (χ0v) is 11.2. The molecule has 0 aromatic rings. The third kappa shape index (κ3) is 3.79. The first-order chi connectivity index (χ1) is 6.95. The summed E-state index contributed by atoms with van der Waals surface area (Å²) in [5.41, 5.74) is 0. The lowest BCUT2D eigenvalue weighted by molar-refractivity contribution is 0.748. The molecule has 2 heterocycles. The van der Waals surface area contributed by atoms with Gasteiger partial charge in [0.05, 0.1) is 0 Å². The van der Waals surface area contributed by atoms with Crippen LogP contribution in [0.2, 0.25) is 0 Å². The molecule has 0 aliphatic carbocycles. The van der Waals surface area contributed by atoms with Gasteiger partial charge in [-0.25, -0.2) is 0 Å². The predicted octanol–water partition coefficient (Wildman–Crippen LogP) is 4.32. The molecular formula is C12H24P2. The van der Waals surface area contributed by atoms with E-state index in [4.69, 9.17) is 0 Å². The van der Waals surface area contributed by atoms with E-state index in [0.29, 0.717) is 15.8 Å². The summed E-state index contributed by atoms with van der Waals surface area (Å²) in [5.74, 6) is 0. The Labute approximate surface area is 91.7 Å². The molecule has 2 aliphatic heterocycles. The topological polar surface area (TPSA) is 0 Å². The molecule has 2 heteroatoms. The second-order valence-electron chi connectivity index (χ2n) is 4.80. The van der Waals surface area contributed by atoms with Crippen LogP contribution in [-0.4, -0.2) is 37.0 Å². The van der Waals surface area contributed by atoms with Crippen LogP contribution in [0.15, 0.2) is 0 Å². The highest BCUT2D eigenvalue weighted by Gasteiger charge is 2.16. The Kier molecular flexibility index (Phi) is 5.22. The fraction of sp³-hybridized carbons (Fsp3) is 1.00. The van der Waals surface area contributed by atoms with Crippen molar-refractivity contribution in [3.05, 3.63) is 0 Å². The van der Waals surface area contributed by atoms with Crippen LogP contribution in [0.4, 0.5) is 0 Å². The van der Waals surface area contributed by atoms with Gasteiger partial charge in [-0.15, -0.1) is 15.8 Å². The van der Waals surface area contributed by atoms with Gasteiger partial charge in [0.1, 0.15) is 0 Å². The zero-order chi connectivity index (χ0) is 9.64. The molecule has 14 heavy (non-hydrogen) atoms. The van der Waals surface area contributed by atoms with Gasteiger partial charge in [-0.05, 0) is 62.7 Å². The molecular weight excluding hydrogens is 206 g/mol. The zero-order valence-electron chi connectivity index (χ0n) is 9.38. The molecule has 0 aromatic carbocycles. The maximum atomic E-state index is 1.65. The first-order valence-electron chi connectivity index (χ1n) is 6.40. The van der Waals surface area contributed by atoms with Gasteiger partial charge in [0.15, 0.2) is 0 Å². The molecule has 2 rings (SSSR count). The van der Waals surface area contributed by atoms with Crippen LogP contribution >= 0.6 is 15.8 Å². The van der Waals surface area contributed by atoms with Gasteiger partial charge in [-0.1, -0.05) is 12.8 Å². The maximum Gasteiger partial charge on any atom is -0.0286 e. The highest BCUT2D eigenvalue weighted by atomic mass is 31.1. The van der Waals surface area contributed by atoms with Crippen molar-refractivity contribution in [1.29, 1.82) is 0 Å². The molecule has 2 saturated heterocycles. The van der Waals surface area contributed by atoms with E-state index < -0.39 is 0 Å². The number of rotatable bonds is 3. The summed E-state index contributed by atoms with van der Waals surface area (Å²) in [6, 6.07) is 0. The maximum absolute atomic E-state index is 1.65. The van der Waals surface area contributed by atoms with Crippen LogP contribution in [-0.2, 0) is 0 Å². The van der Waals surface area contributed by atoms with Crippen molar-refractivity contribution in [1.82, 2.24) is 0 Å². The Balaban J connectivity index is 1.60. The molecule has 0 unspecified atom stereocenters. The second kappa shape index (κ2) is 6.44. The van der Waals surface area contributed by atoms with Crippen molar-refractivity contribution in [2.24, 2.45) is 0 Å². The highest BCUT2D eigenvalue weighted by molar-refractivity contribution is 7.61. The van der Waals surface area contributed by atoms with Gasteiger partial charge >= 0.3 is 0 Å². The minimum atomic E-state index is 0.520. The fourth-order valence-electron chi connectivity index (χ4n) is 2.65. The lowest BCUT2D eigenvalue weighted by atomic mass is 10.3. The van der Waals surface area contributed by atoms with Crippen molar-refractivity contribution in [2.75, 3.05) is 37.0 Å². The van der Waals surface area contributed by atoms with E-state index in [2.05, 4.69) is 0 Å². The van der Waals surface area contributed by atoms with Crippen LogP contribution in [0.1, 0.15) is 38.5 Å². The van der Waals surface area contributed by atoms with E-state index >= 15 is 0 Å². The van der Waals surface area contributed by atoms with E-state index in [-0.39, 0.29) is 0 Å². The lowest BCUT2D eigenvalue weighted by Gasteiger charge is -2.27. The van der Waals surface area contributed by atoms with Crippen molar-refractivity contribution in [3.63, 3.8) is 0 Å². The molecule has 0 atom stereocenters. The molecule has 0 radical (unpaired) electrons. The molecule has 0 N–H and O–H groups in total. The quantitative estimate of drug-likeness (QED) is 0.633. The van der Waals surface area contributed by atoms with Crippen LogP contribution in [0, 0.1) is 0 Å². The smallest absolute Gasteiger partial charge is 0.0286 e. The molecule has 2 fully saturated rings. The van der Waals surface area contributed by atoms with E-state index in [1.807, 2.05) is 0 Å². The Morgan fingerprint density at radius 1 is 0.500 bits per heavy atom. The van der Waals surface area contributed by atoms with Gasteiger partial charge in [0, 0.05) is 0 Å². The predicted molar refractivity (Wildman–Crippen MR) is 70.7 cm³/mol. The van der Waals surface area contributed by atoms with Crippen molar-refractivity contribution >= 4 is 15.8 Å². The summed E-state index contributed by atoms with van der Waals surface area (Å²) in [4.78, 5) is 0. The van der Waals surface area contributed by atoms with Gasteiger partial charge in [-0.2, -0.15) is 0 Å². The Bertz CT molecular complexity index is 128. The van der Waals surface area contributed by atoms with Crippen LogP contribution in [0.25, 0.3) is 0 Å². The van der Waals surface area contributed by atoms with E-state index in [9.17, 15) is 0 Å². The van der Waals surface area contributed by atoms with Crippen LogP contribution in [0.5, 0.6) is 0 Å². The van der Waals surface area contributed by atoms with E-state index in [1.54, 1.807) is 62.7 Å². The van der Waals surface area contributed by atoms with Crippen molar-refractivity contribution in [2.45, 2.75) is 38.5 Å². The Morgan fingerprint density at radius 2 is 0.857 bits per heavy atom. The third-order valence-corrected chi connectivity index (χ3v) is 9.49. The first-order valence-corrected chi connectivity index (χ1v) is 10.2. The summed E-state index contributed by atoms with van der Waals surface area (Å²) in [6.07, 6.45) is 19.1. The number of hydrogen-bond donors (Lipinski definition) is 0. The largest absolute Gasteiger partial charge is 0.106 e. The molecule has 82 valence electrons.